The summed E-state index contributed by atoms with van der Waals surface area (Å²) in [6, 6.07) is -0.231. The third-order valence-corrected chi connectivity index (χ3v) is 3.49. The molecule has 0 aromatic carbocycles. The van der Waals surface area contributed by atoms with Crippen molar-refractivity contribution in [2.24, 2.45) is 5.92 Å². The van der Waals surface area contributed by atoms with E-state index in [0.29, 0.717) is 0 Å². The number of amides is 1. The van der Waals surface area contributed by atoms with Gasteiger partial charge in [-0.3, -0.25) is 9.69 Å². The van der Waals surface area contributed by atoms with Crippen molar-refractivity contribution >= 4 is 5.91 Å². The first-order valence-electron chi connectivity index (χ1n) is 6.54. The van der Waals surface area contributed by atoms with Crippen LogP contribution in [-0.4, -0.2) is 48.6 Å². The lowest BCUT2D eigenvalue weighted by Gasteiger charge is -2.31. The van der Waals surface area contributed by atoms with Crippen LogP contribution in [0.3, 0.4) is 0 Å². The molecule has 1 amide bonds. The normalized spacial score (nSPS) is 19.4. The molecule has 1 N–H and O–H groups in total. The molecule has 20 heavy (non-hydrogen) atoms. The Morgan fingerprint density at radius 1 is 1.15 bits per heavy atom. The van der Waals surface area contributed by atoms with Gasteiger partial charge in [0.2, 0.25) is 0 Å². The molecule has 118 valence electrons. The minimum Gasteiger partial charge on any atom is -0.349 e. The first kappa shape index (κ1) is 17.1. The van der Waals surface area contributed by atoms with Gasteiger partial charge in [-0.25, -0.2) is 0 Å². The number of alkyl halides is 5. The molecule has 0 aromatic heterocycles. The fraction of sp³-hybridized carbons (Fsp3) is 0.917. The van der Waals surface area contributed by atoms with E-state index in [1.807, 2.05) is 18.7 Å². The molecular weight excluding hydrogens is 283 g/mol. The summed E-state index contributed by atoms with van der Waals surface area (Å²) in [5, 5.41) is 1.74. The van der Waals surface area contributed by atoms with Crippen LogP contribution in [0.1, 0.15) is 26.7 Å². The summed E-state index contributed by atoms with van der Waals surface area (Å²) in [6.07, 6.45) is -3.93. The zero-order chi connectivity index (χ0) is 15.6. The van der Waals surface area contributed by atoms with E-state index in [0.717, 1.165) is 25.9 Å². The van der Waals surface area contributed by atoms with Crippen LogP contribution in [0, 0.1) is 5.92 Å². The number of carbonyl (C=O) groups is 1. The molecule has 1 heterocycles. The number of halogens is 5. The third kappa shape index (κ3) is 3.80. The van der Waals surface area contributed by atoms with Gasteiger partial charge in [0.1, 0.15) is 0 Å². The van der Waals surface area contributed by atoms with E-state index >= 15 is 0 Å². The predicted molar refractivity (Wildman–Crippen MR) is 63.4 cm³/mol. The quantitative estimate of drug-likeness (QED) is 0.791. The van der Waals surface area contributed by atoms with Crippen LogP contribution in [0.2, 0.25) is 0 Å². The summed E-state index contributed by atoms with van der Waals surface area (Å²) in [4.78, 5) is 13.1. The van der Waals surface area contributed by atoms with E-state index in [4.69, 9.17) is 0 Å². The number of hydrogen-bond donors (Lipinski definition) is 1. The number of likely N-dealkylation sites (tertiary alicyclic amines) is 1. The molecular formula is C12H19F5N2O. The lowest BCUT2D eigenvalue weighted by Crippen LogP contribution is -2.54. The lowest BCUT2D eigenvalue weighted by atomic mass is 10.0. The Hall–Kier alpha value is -0.920. The van der Waals surface area contributed by atoms with Gasteiger partial charge in [0.15, 0.2) is 0 Å². The summed E-state index contributed by atoms with van der Waals surface area (Å²) >= 11 is 0. The second-order valence-corrected chi connectivity index (χ2v) is 5.34. The van der Waals surface area contributed by atoms with Crippen LogP contribution >= 0.6 is 0 Å². The fourth-order valence-electron chi connectivity index (χ4n) is 2.30. The van der Waals surface area contributed by atoms with Crippen LogP contribution in [-0.2, 0) is 4.79 Å². The van der Waals surface area contributed by atoms with Gasteiger partial charge < -0.3 is 5.32 Å². The van der Waals surface area contributed by atoms with Gasteiger partial charge in [-0.15, -0.1) is 0 Å². The predicted octanol–water partition coefficient (Wildman–Crippen LogP) is 2.42. The number of rotatable bonds is 5. The largest absolute Gasteiger partial charge is 0.463 e. The molecule has 1 aliphatic rings. The lowest BCUT2D eigenvalue weighted by molar-refractivity contribution is -0.269. The summed E-state index contributed by atoms with van der Waals surface area (Å²) in [5.74, 6) is -7.58. The molecule has 0 aromatic rings. The van der Waals surface area contributed by atoms with Crippen LogP contribution in [0.15, 0.2) is 0 Å². The zero-order valence-electron chi connectivity index (χ0n) is 11.4. The van der Waals surface area contributed by atoms with Gasteiger partial charge in [-0.05, 0) is 31.8 Å². The van der Waals surface area contributed by atoms with Crippen molar-refractivity contribution < 1.29 is 26.7 Å². The van der Waals surface area contributed by atoms with Gasteiger partial charge in [-0.2, -0.15) is 22.0 Å². The second kappa shape index (κ2) is 6.24. The molecule has 8 heteroatoms. The van der Waals surface area contributed by atoms with Gasteiger partial charge in [-0.1, -0.05) is 13.8 Å². The molecule has 1 unspecified atom stereocenters. The van der Waals surface area contributed by atoms with Crippen molar-refractivity contribution in [3.8, 4) is 0 Å². The molecule has 0 spiro atoms. The van der Waals surface area contributed by atoms with Crippen LogP contribution in [0.5, 0.6) is 0 Å². The topological polar surface area (TPSA) is 32.3 Å². The highest BCUT2D eigenvalue weighted by atomic mass is 19.4. The molecule has 1 saturated heterocycles. The minimum absolute atomic E-state index is 0.0490. The van der Waals surface area contributed by atoms with Crippen LogP contribution < -0.4 is 5.32 Å². The average Bonchev–Trinajstić information content (AvgIpc) is 2.80. The van der Waals surface area contributed by atoms with E-state index in [1.54, 1.807) is 5.32 Å². The van der Waals surface area contributed by atoms with Gasteiger partial charge in [0.25, 0.3) is 5.91 Å². The molecule has 0 aliphatic carbocycles. The van der Waals surface area contributed by atoms with Gasteiger partial charge >= 0.3 is 12.1 Å². The Morgan fingerprint density at radius 2 is 1.65 bits per heavy atom. The number of carbonyl (C=O) groups excluding carboxylic acids is 1. The smallest absolute Gasteiger partial charge is 0.349 e. The summed E-state index contributed by atoms with van der Waals surface area (Å²) in [6.45, 7) is 5.03. The number of nitrogens with one attached hydrogen (secondary N) is 1. The first-order chi connectivity index (χ1) is 9.07. The molecule has 1 rings (SSSR count). The Balaban J connectivity index is 2.61. The highest BCUT2D eigenvalue weighted by Crippen LogP contribution is 2.35. The average molecular weight is 302 g/mol. The molecule has 0 saturated carbocycles. The van der Waals surface area contributed by atoms with Gasteiger partial charge in [0.05, 0.1) is 0 Å². The Kier molecular flexibility index (Phi) is 5.34. The highest BCUT2D eigenvalue weighted by Gasteiger charge is 2.63. The van der Waals surface area contributed by atoms with Crippen molar-refractivity contribution in [3.63, 3.8) is 0 Å². The maximum atomic E-state index is 12.8. The second-order valence-electron chi connectivity index (χ2n) is 5.34. The Labute approximate surface area is 114 Å². The summed E-state index contributed by atoms with van der Waals surface area (Å²) < 4.78 is 61.7. The van der Waals surface area contributed by atoms with Gasteiger partial charge in [0, 0.05) is 12.6 Å². The van der Waals surface area contributed by atoms with E-state index in [2.05, 4.69) is 0 Å². The molecule has 1 fully saturated rings. The highest BCUT2D eigenvalue weighted by molar-refractivity contribution is 5.84. The number of hydrogen-bond acceptors (Lipinski definition) is 2. The van der Waals surface area contributed by atoms with Crippen molar-refractivity contribution in [2.45, 2.75) is 44.8 Å². The van der Waals surface area contributed by atoms with Crippen LogP contribution in [0.25, 0.3) is 0 Å². The van der Waals surface area contributed by atoms with Crippen molar-refractivity contribution in [2.75, 3.05) is 19.6 Å². The van der Waals surface area contributed by atoms with Crippen molar-refractivity contribution in [3.05, 3.63) is 0 Å². The minimum atomic E-state index is -5.86. The molecule has 3 nitrogen and oxygen atoms in total. The van der Waals surface area contributed by atoms with E-state index < -0.39 is 18.0 Å². The molecule has 0 bridgehead atoms. The zero-order valence-corrected chi connectivity index (χ0v) is 11.4. The maximum absolute atomic E-state index is 12.8. The monoisotopic (exact) mass is 302 g/mol. The summed E-state index contributed by atoms with van der Waals surface area (Å²) in [5.41, 5.74) is 0. The fourth-order valence-corrected chi connectivity index (χ4v) is 2.30. The van der Waals surface area contributed by atoms with E-state index in [-0.39, 0.29) is 18.5 Å². The number of nitrogens with zero attached hydrogens (tertiary/aromatic N) is 1. The Bertz CT molecular complexity index is 337. The maximum Gasteiger partial charge on any atom is 0.463 e. The Morgan fingerprint density at radius 3 is 2.05 bits per heavy atom. The van der Waals surface area contributed by atoms with E-state index in [9.17, 15) is 26.7 Å². The van der Waals surface area contributed by atoms with Crippen LogP contribution in [0.4, 0.5) is 22.0 Å². The molecule has 1 aliphatic heterocycles. The SMILES string of the molecule is CC(C)C(CNC(=O)C(F)(F)C(F)(F)F)N1CCCC1. The van der Waals surface area contributed by atoms with Crippen molar-refractivity contribution in [1.29, 1.82) is 0 Å². The third-order valence-electron chi connectivity index (χ3n) is 3.49. The first-order valence-corrected chi connectivity index (χ1v) is 6.54. The standard InChI is InChI=1S/C12H19F5N2O/c1-8(2)9(19-5-3-4-6-19)7-18-10(20)11(13,14)12(15,16)17/h8-9H,3-7H2,1-2H3,(H,18,20). The van der Waals surface area contributed by atoms with E-state index in [1.165, 1.54) is 0 Å². The van der Waals surface area contributed by atoms with Crippen molar-refractivity contribution in [1.82, 2.24) is 10.2 Å². The molecule has 0 radical (unpaired) electrons. The summed E-state index contributed by atoms with van der Waals surface area (Å²) in [7, 11) is 0. The molecule has 1 atom stereocenters.